The van der Waals surface area contributed by atoms with Crippen LogP contribution in [0, 0.1) is 0 Å². The zero-order valence-electron chi connectivity index (χ0n) is 10.9. The standard InChI is InChI=1S/C13H13IN4O3/c19-11-7-10-12(21-6-4-15-10)8-9(11)16-17-13-3-1-2-5-18(20)14-13/h1-3,5,7-8,15,19-20H,4,6H2. The van der Waals surface area contributed by atoms with Crippen LogP contribution in [-0.2, 0) is 0 Å². The molecule has 0 saturated heterocycles. The summed E-state index contributed by atoms with van der Waals surface area (Å²) in [5.74, 6) is 0.681. The Morgan fingerprint density at radius 3 is 3.10 bits per heavy atom. The van der Waals surface area contributed by atoms with Crippen LogP contribution in [0.4, 0.5) is 11.4 Å². The van der Waals surface area contributed by atoms with Crippen LogP contribution in [0.25, 0.3) is 0 Å². The molecule has 8 heteroatoms. The Labute approximate surface area is 131 Å². The van der Waals surface area contributed by atoms with Crippen molar-refractivity contribution >= 4 is 36.0 Å². The molecule has 21 heavy (non-hydrogen) atoms. The van der Waals surface area contributed by atoms with Gasteiger partial charge in [0.2, 0.25) is 0 Å². The molecule has 0 aromatic heterocycles. The molecule has 0 spiro atoms. The highest BCUT2D eigenvalue weighted by atomic mass is 127. The summed E-state index contributed by atoms with van der Waals surface area (Å²) >= 11 is -0.814. The number of fused-ring (bicyclic) bond motifs is 1. The Morgan fingerprint density at radius 2 is 2.19 bits per heavy atom. The number of benzene rings is 1. The van der Waals surface area contributed by atoms with E-state index in [1.807, 2.05) is 0 Å². The summed E-state index contributed by atoms with van der Waals surface area (Å²) in [6, 6.07) is 3.22. The first-order valence-corrected chi connectivity index (χ1v) is 8.27. The van der Waals surface area contributed by atoms with E-state index in [9.17, 15) is 10.3 Å². The molecular weight excluding hydrogens is 387 g/mol. The summed E-state index contributed by atoms with van der Waals surface area (Å²) in [4.78, 5) is 0. The Morgan fingerprint density at radius 1 is 1.29 bits per heavy atom. The van der Waals surface area contributed by atoms with Crippen molar-refractivity contribution in [2.45, 2.75) is 0 Å². The number of ether oxygens (including phenoxy) is 1. The zero-order valence-corrected chi connectivity index (χ0v) is 13.1. The Balaban J connectivity index is 1.86. The first kappa shape index (κ1) is 14.0. The maximum Gasteiger partial charge on any atom is 0.145 e. The lowest BCUT2D eigenvalue weighted by Crippen LogP contribution is -2.17. The van der Waals surface area contributed by atoms with Crippen LogP contribution < -0.4 is 10.1 Å². The minimum atomic E-state index is -0.814. The van der Waals surface area contributed by atoms with Gasteiger partial charge in [0.15, 0.2) is 0 Å². The molecular formula is C13H13IN4O3. The number of anilines is 1. The van der Waals surface area contributed by atoms with Gasteiger partial charge in [-0.05, 0) is 12.2 Å². The van der Waals surface area contributed by atoms with Gasteiger partial charge in [0.25, 0.3) is 0 Å². The van der Waals surface area contributed by atoms with Crippen LogP contribution in [0.5, 0.6) is 11.5 Å². The van der Waals surface area contributed by atoms with E-state index < -0.39 is 21.0 Å². The summed E-state index contributed by atoms with van der Waals surface area (Å²) in [5.41, 5.74) is 1.09. The molecule has 3 N–H and O–H groups in total. The molecule has 2 heterocycles. The smallest absolute Gasteiger partial charge is 0.145 e. The Hall–Kier alpha value is -1.94. The number of hydrogen-bond acceptors (Lipinski definition) is 7. The molecule has 0 amide bonds. The van der Waals surface area contributed by atoms with Crippen molar-refractivity contribution in [3.8, 4) is 11.5 Å². The number of aromatic hydroxyl groups is 1. The number of phenols is 1. The molecule has 7 nitrogen and oxygen atoms in total. The minimum absolute atomic E-state index is 0.0332. The molecule has 0 saturated carbocycles. The van der Waals surface area contributed by atoms with Crippen molar-refractivity contribution < 1.29 is 15.1 Å². The average Bonchev–Trinajstić information content (AvgIpc) is 2.69. The van der Waals surface area contributed by atoms with Crippen LogP contribution in [0.1, 0.15) is 0 Å². The number of halogens is 1. The van der Waals surface area contributed by atoms with E-state index in [4.69, 9.17) is 4.74 Å². The van der Waals surface area contributed by atoms with E-state index in [-0.39, 0.29) is 5.75 Å². The SMILES string of the molecule is Oc1cc2c(cc1N=NC1=IN(O)C=CC=C1)OCCN2. The predicted octanol–water partition coefficient (Wildman–Crippen LogP) is 3.07. The molecule has 0 fully saturated rings. The fraction of sp³-hybridized carbons (Fsp3) is 0.154. The first-order valence-electron chi connectivity index (χ1n) is 6.23. The van der Waals surface area contributed by atoms with E-state index >= 15 is 0 Å². The number of nitrogens with zero attached hydrogens (tertiary/aromatic N) is 3. The lowest BCUT2D eigenvalue weighted by molar-refractivity contribution is 0.0928. The molecule has 0 radical (unpaired) electrons. The highest BCUT2D eigenvalue weighted by Crippen LogP contribution is 2.38. The van der Waals surface area contributed by atoms with Gasteiger partial charge in [-0.3, -0.25) is 5.21 Å². The third-order valence-corrected chi connectivity index (χ3v) is 4.62. The highest BCUT2D eigenvalue weighted by molar-refractivity contribution is 14.2. The van der Waals surface area contributed by atoms with Crippen LogP contribution >= 0.6 is 21.0 Å². The number of hydrogen-bond donors (Lipinski definition) is 3. The minimum Gasteiger partial charge on any atom is -0.506 e. The number of phenolic OH excluding ortho intramolecular Hbond substituents is 1. The lowest BCUT2D eigenvalue weighted by atomic mass is 10.2. The van der Waals surface area contributed by atoms with Crippen LogP contribution in [0.3, 0.4) is 0 Å². The summed E-state index contributed by atoms with van der Waals surface area (Å²) < 4.78 is 7.30. The number of hydroxylamine groups is 1. The number of azo groups is 1. The predicted molar refractivity (Wildman–Crippen MR) is 87.5 cm³/mol. The van der Waals surface area contributed by atoms with Crippen LogP contribution in [-0.4, -0.2) is 30.4 Å². The fourth-order valence-electron chi connectivity index (χ4n) is 1.79. The van der Waals surface area contributed by atoms with E-state index in [2.05, 4.69) is 15.5 Å². The molecule has 0 bridgehead atoms. The zero-order chi connectivity index (χ0) is 14.7. The summed E-state index contributed by atoms with van der Waals surface area (Å²) in [5, 5.41) is 30.8. The van der Waals surface area contributed by atoms with Gasteiger partial charge < -0.3 is 15.2 Å². The van der Waals surface area contributed by atoms with Crippen molar-refractivity contribution in [1.82, 2.24) is 3.28 Å². The second-order valence-corrected chi connectivity index (χ2v) is 6.79. The Bertz CT molecular complexity index is 670. The average molecular weight is 400 g/mol. The van der Waals surface area contributed by atoms with Gasteiger partial charge in [-0.2, -0.15) is 0 Å². The van der Waals surface area contributed by atoms with Crippen LogP contribution in [0.15, 0.2) is 46.8 Å². The first-order chi connectivity index (χ1) is 10.2. The molecule has 1 aromatic rings. The van der Waals surface area contributed by atoms with Gasteiger partial charge in [0.05, 0.1) is 26.7 Å². The molecule has 3 rings (SSSR count). The van der Waals surface area contributed by atoms with E-state index in [1.54, 1.807) is 36.6 Å². The topological polar surface area (TPSA) is 89.7 Å². The highest BCUT2D eigenvalue weighted by Gasteiger charge is 2.13. The maximum atomic E-state index is 9.96. The molecule has 110 valence electrons. The molecule has 0 unspecified atom stereocenters. The van der Waals surface area contributed by atoms with Crippen LogP contribution in [0.2, 0.25) is 0 Å². The third kappa shape index (κ3) is 3.39. The summed E-state index contributed by atoms with van der Waals surface area (Å²) in [7, 11) is 0. The summed E-state index contributed by atoms with van der Waals surface area (Å²) in [6.07, 6.45) is 6.86. The number of nitrogens with one attached hydrogen (secondary N) is 1. The van der Waals surface area contributed by atoms with Crippen molar-refractivity contribution in [2.24, 2.45) is 10.2 Å². The van der Waals surface area contributed by atoms with Gasteiger partial charge >= 0.3 is 0 Å². The lowest BCUT2D eigenvalue weighted by Gasteiger charge is -2.19. The molecule has 2 aliphatic rings. The quantitative estimate of drug-likeness (QED) is 0.404. The molecule has 1 aromatic carbocycles. The molecule has 2 aliphatic heterocycles. The fourth-order valence-corrected chi connectivity index (χ4v) is 3.22. The molecule has 0 aliphatic carbocycles. The monoisotopic (exact) mass is 400 g/mol. The van der Waals surface area contributed by atoms with Crippen molar-refractivity contribution in [3.05, 3.63) is 36.6 Å². The Kier molecular flexibility index (Phi) is 4.15. The van der Waals surface area contributed by atoms with Gasteiger partial charge in [-0.1, -0.05) is 6.08 Å². The van der Waals surface area contributed by atoms with E-state index in [1.165, 1.54) is 0 Å². The normalized spacial score (nSPS) is 17.4. The van der Waals surface area contributed by atoms with Crippen molar-refractivity contribution in [3.63, 3.8) is 0 Å². The van der Waals surface area contributed by atoms with Crippen molar-refractivity contribution in [1.29, 1.82) is 0 Å². The van der Waals surface area contributed by atoms with Gasteiger partial charge in [0.1, 0.15) is 27.4 Å². The maximum absolute atomic E-state index is 9.96. The number of allylic oxidation sites excluding steroid dienone is 2. The summed E-state index contributed by atoms with van der Waals surface area (Å²) in [6.45, 7) is 1.28. The van der Waals surface area contributed by atoms with Crippen molar-refractivity contribution in [2.75, 3.05) is 18.5 Å². The van der Waals surface area contributed by atoms with E-state index in [0.29, 0.717) is 28.2 Å². The molecule has 0 atom stereocenters. The van der Waals surface area contributed by atoms with Gasteiger partial charge in [-0.15, -0.1) is 10.2 Å². The van der Waals surface area contributed by atoms with E-state index in [0.717, 1.165) is 8.96 Å². The number of rotatable bonds is 2. The second kappa shape index (κ2) is 6.22. The second-order valence-electron chi connectivity index (χ2n) is 4.21. The largest absolute Gasteiger partial charge is 0.506 e. The van der Waals surface area contributed by atoms with Gasteiger partial charge in [0, 0.05) is 24.9 Å². The third-order valence-electron chi connectivity index (χ3n) is 2.73. The van der Waals surface area contributed by atoms with Gasteiger partial charge in [-0.25, -0.2) is 3.28 Å².